The van der Waals surface area contributed by atoms with E-state index in [0.717, 1.165) is 19.6 Å². The molecular formula is C8H13NO. The maximum absolute atomic E-state index is 5.03. The molecule has 0 aromatic rings. The van der Waals surface area contributed by atoms with Crippen LogP contribution in [0, 0.1) is 0 Å². The first kappa shape index (κ1) is 7.32. The maximum atomic E-state index is 5.03. The average Bonchev–Trinajstić information content (AvgIpc) is 2.41. The number of hydrogen-bond acceptors (Lipinski definition) is 2. The Labute approximate surface area is 61.6 Å². The Kier molecular flexibility index (Phi) is 3.00. The second kappa shape index (κ2) is 4.09. The number of allylic oxidation sites excluding steroid dienone is 1. The van der Waals surface area contributed by atoms with Gasteiger partial charge in [-0.3, -0.25) is 4.99 Å². The van der Waals surface area contributed by atoms with Gasteiger partial charge in [-0.2, -0.15) is 0 Å². The highest BCUT2D eigenvalue weighted by atomic mass is 16.5. The minimum Gasteiger partial charge on any atom is -0.501 e. The quantitative estimate of drug-likeness (QED) is 0.546. The van der Waals surface area contributed by atoms with Gasteiger partial charge >= 0.3 is 0 Å². The lowest BCUT2D eigenvalue weighted by Gasteiger charge is -1.91. The molecule has 0 aromatic carbocycles. The molecule has 0 amide bonds. The molecule has 0 saturated carbocycles. The fourth-order valence-corrected chi connectivity index (χ4v) is 0.921. The van der Waals surface area contributed by atoms with Gasteiger partial charge < -0.3 is 4.74 Å². The third-order valence-corrected chi connectivity index (χ3v) is 1.43. The van der Waals surface area contributed by atoms with E-state index in [1.807, 2.05) is 13.0 Å². The van der Waals surface area contributed by atoms with Gasteiger partial charge in [-0.25, -0.2) is 0 Å². The van der Waals surface area contributed by atoms with Gasteiger partial charge in [-0.15, -0.1) is 0 Å². The Morgan fingerprint density at radius 1 is 1.70 bits per heavy atom. The summed E-state index contributed by atoms with van der Waals surface area (Å²) in [4.78, 5) is 4.26. The summed E-state index contributed by atoms with van der Waals surface area (Å²) in [6, 6.07) is 0. The van der Waals surface area contributed by atoms with E-state index in [1.54, 1.807) is 6.26 Å². The third kappa shape index (κ3) is 2.21. The molecule has 0 atom stereocenters. The molecule has 1 aliphatic rings. The monoisotopic (exact) mass is 139 g/mol. The number of aliphatic imine (C=N–C) groups is 1. The largest absolute Gasteiger partial charge is 0.501 e. The molecule has 1 heterocycles. The van der Waals surface area contributed by atoms with Crippen LogP contribution in [-0.2, 0) is 4.74 Å². The van der Waals surface area contributed by atoms with E-state index >= 15 is 0 Å². The van der Waals surface area contributed by atoms with Crippen LogP contribution in [0.4, 0.5) is 0 Å². The van der Waals surface area contributed by atoms with Crippen molar-refractivity contribution in [2.24, 2.45) is 4.99 Å². The number of rotatable bonds is 3. The fourth-order valence-electron chi connectivity index (χ4n) is 0.921. The van der Waals surface area contributed by atoms with E-state index in [4.69, 9.17) is 4.74 Å². The lowest BCUT2D eigenvalue weighted by atomic mass is 10.2. The van der Waals surface area contributed by atoms with Gasteiger partial charge in [0, 0.05) is 12.3 Å². The summed E-state index contributed by atoms with van der Waals surface area (Å²) in [7, 11) is 0. The van der Waals surface area contributed by atoms with Gasteiger partial charge in [0.1, 0.15) is 0 Å². The Morgan fingerprint density at radius 2 is 2.60 bits per heavy atom. The van der Waals surface area contributed by atoms with Crippen molar-refractivity contribution < 1.29 is 4.74 Å². The van der Waals surface area contributed by atoms with E-state index in [1.165, 1.54) is 12.1 Å². The smallest absolute Gasteiger partial charge is 0.0846 e. The minimum absolute atomic E-state index is 0.740. The van der Waals surface area contributed by atoms with Crippen LogP contribution in [0.3, 0.4) is 0 Å². The van der Waals surface area contributed by atoms with Crippen LogP contribution >= 0.6 is 0 Å². The SMILES string of the molecule is CCOC=CC1=NCCC1. The zero-order valence-electron chi connectivity index (χ0n) is 6.34. The summed E-state index contributed by atoms with van der Waals surface area (Å²) < 4.78 is 5.03. The lowest BCUT2D eigenvalue weighted by Crippen LogP contribution is -1.86. The van der Waals surface area contributed by atoms with Crippen LogP contribution < -0.4 is 0 Å². The first-order chi connectivity index (χ1) is 4.93. The molecule has 56 valence electrons. The highest BCUT2D eigenvalue weighted by Gasteiger charge is 2.00. The van der Waals surface area contributed by atoms with Gasteiger partial charge in [0.25, 0.3) is 0 Å². The summed E-state index contributed by atoms with van der Waals surface area (Å²) in [6.07, 6.45) is 6.00. The molecule has 0 aliphatic carbocycles. The van der Waals surface area contributed by atoms with Crippen molar-refractivity contribution in [3.05, 3.63) is 12.3 Å². The molecule has 0 spiro atoms. The Bertz CT molecular complexity index is 149. The molecule has 2 nitrogen and oxygen atoms in total. The van der Waals surface area contributed by atoms with Crippen molar-refractivity contribution in [2.75, 3.05) is 13.2 Å². The molecular weight excluding hydrogens is 126 g/mol. The van der Waals surface area contributed by atoms with Crippen LogP contribution in [0.25, 0.3) is 0 Å². The molecule has 0 radical (unpaired) electrons. The van der Waals surface area contributed by atoms with Crippen molar-refractivity contribution >= 4 is 5.71 Å². The molecule has 1 aliphatic heterocycles. The third-order valence-electron chi connectivity index (χ3n) is 1.43. The van der Waals surface area contributed by atoms with Crippen LogP contribution in [0.5, 0.6) is 0 Å². The molecule has 0 N–H and O–H groups in total. The van der Waals surface area contributed by atoms with Gasteiger partial charge in [0.05, 0.1) is 12.9 Å². The Balaban J connectivity index is 2.23. The van der Waals surface area contributed by atoms with Crippen molar-refractivity contribution in [1.29, 1.82) is 0 Å². The molecule has 0 unspecified atom stereocenters. The van der Waals surface area contributed by atoms with E-state index in [2.05, 4.69) is 4.99 Å². The molecule has 0 fully saturated rings. The average molecular weight is 139 g/mol. The number of ether oxygens (including phenoxy) is 1. The Morgan fingerprint density at radius 3 is 3.20 bits per heavy atom. The zero-order chi connectivity index (χ0) is 7.23. The Hall–Kier alpha value is -0.790. The predicted molar refractivity (Wildman–Crippen MR) is 42.3 cm³/mol. The number of hydrogen-bond donors (Lipinski definition) is 0. The van der Waals surface area contributed by atoms with E-state index in [9.17, 15) is 0 Å². The van der Waals surface area contributed by atoms with Gasteiger partial charge in [-0.05, 0) is 25.8 Å². The van der Waals surface area contributed by atoms with Gasteiger partial charge in [-0.1, -0.05) is 0 Å². The fraction of sp³-hybridized carbons (Fsp3) is 0.625. The van der Waals surface area contributed by atoms with E-state index in [0.29, 0.717) is 0 Å². The molecule has 0 bridgehead atoms. The summed E-state index contributed by atoms with van der Waals surface area (Å²) in [6.45, 7) is 3.70. The van der Waals surface area contributed by atoms with Crippen molar-refractivity contribution in [2.45, 2.75) is 19.8 Å². The first-order valence-corrected chi connectivity index (χ1v) is 3.75. The van der Waals surface area contributed by atoms with Crippen molar-refractivity contribution in [1.82, 2.24) is 0 Å². The first-order valence-electron chi connectivity index (χ1n) is 3.75. The van der Waals surface area contributed by atoms with Gasteiger partial charge in [0.15, 0.2) is 0 Å². The van der Waals surface area contributed by atoms with Crippen LogP contribution in [0.2, 0.25) is 0 Å². The second-order valence-electron chi connectivity index (χ2n) is 2.23. The molecule has 10 heavy (non-hydrogen) atoms. The summed E-state index contributed by atoms with van der Waals surface area (Å²) in [5.41, 5.74) is 1.17. The van der Waals surface area contributed by atoms with Crippen LogP contribution in [-0.4, -0.2) is 18.9 Å². The van der Waals surface area contributed by atoms with Gasteiger partial charge in [0.2, 0.25) is 0 Å². The molecule has 2 heteroatoms. The normalized spacial score (nSPS) is 17.9. The summed E-state index contributed by atoms with van der Waals surface area (Å²) >= 11 is 0. The van der Waals surface area contributed by atoms with Crippen LogP contribution in [0.1, 0.15) is 19.8 Å². The van der Waals surface area contributed by atoms with Crippen molar-refractivity contribution in [3.63, 3.8) is 0 Å². The van der Waals surface area contributed by atoms with Crippen LogP contribution in [0.15, 0.2) is 17.3 Å². The van der Waals surface area contributed by atoms with E-state index < -0.39 is 0 Å². The number of nitrogens with zero attached hydrogens (tertiary/aromatic N) is 1. The topological polar surface area (TPSA) is 21.6 Å². The summed E-state index contributed by atoms with van der Waals surface area (Å²) in [5, 5.41) is 0. The zero-order valence-corrected chi connectivity index (χ0v) is 6.34. The lowest BCUT2D eigenvalue weighted by molar-refractivity contribution is 0.269. The van der Waals surface area contributed by atoms with Crippen molar-refractivity contribution in [3.8, 4) is 0 Å². The molecule has 0 saturated heterocycles. The minimum atomic E-state index is 0.740. The standard InChI is InChI=1S/C8H13NO/c1-2-10-7-5-8-4-3-6-9-8/h5,7H,2-4,6H2,1H3. The highest BCUT2D eigenvalue weighted by molar-refractivity contribution is 5.95. The summed E-state index contributed by atoms with van der Waals surface area (Å²) in [5.74, 6) is 0. The maximum Gasteiger partial charge on any atom is 0.0846 e. The predicted octanol–water partition coefficient (Wildman–Crippen LogP) is 1.77. The second-order valence-corrected chi connectivity index (χ2v) is 2.23. The van der Waals surface area contributed by atoms with E-state index in [-0.39, 0.29) is 0 Å². The molecule has 1 rings (SSSR count). The highest BCUT2D eigenvalue weighted by Crippen LogP contribution is 2.04. The molecule has 0 aromatic heterocycles.